The Morgan fingerprint density at radius 2 is 1.81 bits per heavy atom. The van der Waals surface area contributed by atoms with Crippen molar-refractivity contribution in [1.82, 2.24) is 9.80 Å². The van der Waals surface area contributed by atoms with Crippen molar-refractivity contribution in [1.29, 1.82) is 0 Å². The molecule has 1 heterocycles. The lowest BCUT2D eigenvalue weighted by molar-refractivity contribution is -0.136. The van der Waals surface area contributed by atoms with Gasteiger partial charge in [-0.05, 0) is 18.1 Å². The van der Waals surface area contributed by atoms with Crippen LogP contribution in [0.4, 0.5) is 5.69 Å². The minimum absolute atomic E-state index is 0.145. The number of methoxy groups -OCH3 is 2. The van der Waals surface area contributed by atoms with E-state index in [1.807, 2.05) is 0 Å². The lowest BCUT2D eigenvalue weighted by Crippen LogP contribution is -2.50. The van der Waals surface area contributed by atoms with E-state index in [1.165, 1.54) is 7.11 Å². The number of hydrogen-bond donors (Lipinski definition) is 1. The standard InChI is InChI=1S/C19H29N3O4/c1-14(2)13-21-7-9-22(10-8-21)19(24)12-18(23)20-16-11-15(25-3)5-6-17(16)26-4/h5-6,11,14H,7-10,12-13H2,1-4H3,(H,20,23). The Kier molecular flexibility index (Phi) is 7.26. The maximum absolute atomic E-state index is 12.4. The van der Waals surface area contributed by atoms with Gasteiger partial charge in [0, 0.05) is 38.8 Å². The minimum Gasteiger partial charge on any atom is -0.497 e. The molecule has 0 atom stereocenters. The number of rotatable bonds is 7. The Morgan fingerprint density at radius 3 is 2.38 bits per heavy atom. The molecule has 2 rings (SSSR count). The molecule has 144 valence electrons. The summed E-state index contributed by atoms with van der Waals surface area (Å²) in [5.41, 5.74) is 0.492. The van der Waals surface area contributed by atoms with Gasteiger partial charge in [0.1, 0.15) is 17.9 Å². The van der Waals surface area contributed by atoms with Crippen molar-refractivity contribution >= 4 is 17.5 Å². The molecule has 1 saturated heterocycles. The van der Waals surface area contributed by atoms with E-state index in [4.69, 9.17) is 9.47 Å². The molecule has 7 heteroatoms. The quantitative estimate of drug-likeness (QED) is 0.749. The SMILES string of the molecule is COc1ccc(OC)c(NC(=O)CC(=O)N2CCN(CC(C)C)CC2)c1. The number of hydrogen-bond acceptors (Lipinski definition) is 5. The Bertz CT molecular complexity index is 625. The molecule has 0 radical (unpaired) electrons. The van der Waals surface area contributed by atoms with Gasteiger partial charge in [-0.3, -0.25) is 14.5 Å². The molecule has 7 nitrogen and oxygen atoms in total. The number of nitrogens with one attached hydrogen (secondary N) is 1. The molecule has 0 saturated carbocycles. The van der Waals surface area contributed by atoms with Gasteiger partial charge < -0.3 is 19.7 Å². The van der Waals surface area contributed by atoms with Crippen LogP contribution in [0.1, 0.15) is 20.3 Å². The molecule has 1 aliphatic rings. The van der Waals surface area contributed by atoms with Crippen LogP contribution >= 0.6 is 0 Å². The summed E-state index contributed by atoms with van der Waals surface area (Å²) < 4.78 is 10.4. The van der Waals surface area contributed by atoms with Gasteiger partial charge in [0.25, 0.3) is 0 Å². The Balaban J connectivity index is 1.87. The summed E-state index contributed by atoms with van der Waals surface area (Å²) >= 11 is 0. The summed E-state index contributed by atoms with van der Waals surface area (Å²) in [6.45, 7) is 8.47. The number of carbonyl (C=O) groups excluding carboxylic acids is 2. The molecule has 0 unspecified atom stereocenters. The fraction of sp³-hybridized carbons (Fsp3) is 0.579. The zero-order valence-corrected chi connectivity index (χ0v) is 16.1. The Labute approximate surface area is 155 Å². The van der Waals surface area contributed by atoms with E-state index in [-0.39, 0.29) is 18.2 Å². The average molecular weight is 363 g/mol. The summed E-state index contributed by atoms with van der Waals surface area (Å²) in [6.07, 6.45) is -0.176. The molecule has 1 aromatic carbocycles. The van der Waals surface area contributed by atoms with Gasteiger partial charge in [-0.15, -0.1) is 0 Å². The molecule has 1 N–H and O–H groups in total. The molecule has 0 aromatic heterocycles. The van der Waals surface area contributed by atoms with Gasteiger partial charge in [0.05, 0.1) is 19.9 Å². The Morgan fingerprint density at radius 1 is 1.12 bits per heavy atom. The number of anilines is 1. The number of ether oxygens (including phenoxy) is 2. The second-order valence-corrected chi connectivity index (χ2v) is 6.87. The first-order chi connectivity index (χ1) is 12.4. The number of piperazine rings is 1. The third-order valence-corrected chi connectivity index (χ3v) is 4.34. The van der Waals surface area contributed by atoms with E-state index in [0.29, 0.717) is 36.2 Å². The van der Waals surface area contributed by atoms with Crippen molar-refractivity contribution < 1.29 is 19.1 Å². The number of carbonyl (C=O) groups is 2. The first-order valence-electron chi connectivity index (χ1n) is 8.95. The van der Waals surface area contributed by atoms with Crippen molar-refractivity contribution in [3.63, 3.8) is 0 Å². The highest BCUT2D eigenvalue weighted by molar-refractivity contribution is 6.04. The van der Waals surface area contributed by atoms with Gasteiger partial charge in [0.2, 0.25) is 11.8 Å². The normalized spacial score (nSPS) is 15.0. The second-order valence-electron chi connectivity index (χ2n) is 6.87. The summed E-state index contributed by atoms with van der Waals surface area (Å²) in [7, 11) is 3.08. The van der Waals surface area contributed by atoms with Crippen molar-refractivity contribution in [3.8, 4) is 11.5 Å². The fourth-order valence-electron chi connectivity index (χ4n) is 3.05. The first kappa shape index (κ1) is 20.0. The van der Waals surface area contributed by atoms with E-state index in [1.54, 1.807) is 30.2 Å². The van der Waals surface area contributed by atoms with Gasteiger partial charge in [-0.25, -0.2) is 0 Å². The van der Waals surface area contributed by atoms with Gasteiger partial charge >= 0.3 is 0 Å². The maximum atomic E-state index is 12.4. The van der Waals surface area contributed by atoms with Crippen molar-refractivity contribution in [2.24, 2.45) is 5.92 Å². The molecular weight excluding hydrogens is 334 g/mol. The second kappa shape index (κ2) is 9.43. The minimum atomic E-state index is -0.355. The van der Waals surface area contributed by atoms with E-state index in [2.05, 4.69) is 24.1 Å². The molecule has 1 aromatic rings. The number of nitrogens with zero attached hydrogens (tertiary/aromatic N) is 2. The van der Waals surface area contributed by atoms with Crippen LogP contribution in [0.15, 0.2) is 18.2 Å². The fourth-order valence-corrected chi connectivity index (χ4v) is 3.05. The van der Waals surface area contributed by atoms with Crippen LogP contribution in [-0.4, -0.2) is 68.6 Å². The van der Waals surface area contributed by atoms with Crippen molar-refractivity contribution in [2.45, 2.75) is 20.3 Å². The molecule has 1 fully saturated rings. The van der Waals surface area contributed by atoms with Crippen molar-refractivity contribution in [3.05, 3.63) is 18.2 Å². The molecule has 2 amide bonds. The van der Waals surface area contributed by atoms with Crippen LogP contribution < -0.4 is 14.8 Å². The smallest absolute Gasteiger partial charge is 0.233 e. The van der Waals surface area contributed by atoms with E-state index < -0.39 is 0 Å². The third kappa shape index (κ3) is 5.62. The van der Waals surface area contributed by atoms with E-state index in [0.717, 1.165) is 19.6 Å². The van der Waals surface area contributed by atoms with Gasteiger partial charge in [0.15, 0.2) is 0 Å². The molecule has 1 aliphatic heterocycles. The summed E-state index contributed by atoms with van der Waals surface area (Å²) in [5.74, 6) is 1.24. The monoisotopic (exact) mass is 363 g/mol. The lowest BCUT2D eigenvalue weighted by atomic mass is 10.2. The van der Waals surface area contributed by atoms with E-state index in [9.17, 15) is 9.59 Å². The highest BCUT2D eigenvalue weighted by Gasteiger charge is 2.23. The van der Waals surface area contributed by atoms with Gasteiger partial charge in [-0.2, -0.15) is 0 Å². The predicted octanol–water partition coefficient (Wildman–Crippen LogP) is 1.83. The highest BCUT2D eigenvalue weighted by Crippen LogP contribution is 2.29. The zero-order valence-electron chi connectivity index (χ0n) is 16.1. The van der Waals surface area contributed by atoms with Crippen LogP contribution in [0.3, 0.4) is 0 Å². The molecular formula is C19H29N3O4. The highest BCUT2D eigenvalue weighted by atomic mass is 16.5. The molecule has 26 heavy (non-hydrogen) atoms. The number of amides is 2. The van der Waals surface area contributed by atoms with E-state index >= 15 is 0 Å². The Hall–Kier alpha value is -2.28. The molecule has 0 spiro atoms. The largest absolute Gasteiger partial charge is 0.497 e. The third-order valence-electron chi connectivity index (χ3n) is 4.34. The average Bonchev–Trinajstić information content (AvgIpc) is 2.61. The van der Waals surface area contributed by atoms with Gasteiger partial charge in [-0.1, -0.05) is 13.8 Å². The summed E-state index contributed by atoms with van der Waals surface area (Å²) in [4.78, 5) is 28.8. The molecule has 0 aliphatic carbocycles. The predicted molar refractivity (Wildman–Crippen MR) is 101 cm³/mol. The number of benzene rings is 1. The first-order valence-corrected chi connectivity index (χ1v) is 8.95. The van der Waals surface area contributed by atoms with Crippen LogP contribution in [-0.2, 0) is 9.59 Å². The van der Waals surface area contributed by atoms with Crippen LogP contribution in [0.25, 0.3) is 0 Å². The summed E-state index contributed by atoms with van der Waals surface area (Å²) in [5, 5.41) is 2.74. The zero-order chi connectivity index (χ0) is 19.1. The van der Waals surface area contributed by atoms with Crippen molar-refractivity contribution in [2.75, 3.05) is 52.3 Å². The van der Waals surface area contributed by atoms with Crippen LogP contribution in [0.2, 0.25) is 0 Å². The lowest BCUT2D eigenvalue weighted by Gasteiger charge is -2.35. The maximum Gasteiger partial charge on any atom is 0.233 e. The molecule has 0 bridgehead atoms. The van der Waals surface area contributed by atoms with Crippen LogP contribution in [0, 0.1) is 5.92 Å². The summed E-state index contributed by atoms with van der Waals surface area (Å²) in [6, 6.07) is 5.13. The van der Waals surface area contributed by atoms with Crippen LogP contribution in [0.5, 0.6) is 11.5 Å². The topological polar surface area (TPSA) is 71.1 Å².